The maximum Gasteiger partial charge on any atom is 0.328 e. The van der Waals surface area contributed by atoms with E-state index in [0.29, 0.717) is 12.1 Å². The van der Waals surface area contributed by atoms with Gasteiger partial charge in [0.1, 0.15) is 6.54 Å². The number of aromatic nitrogens is 2. The van der Waals surface area contributed by atoms with Gasteiger partial charge < -0.3 is 5.32 Å². The Bertz CT molecular complexity index is 990. The summed E-state index contributed by atoms with van der Waals surface area (Å²) in [5.41, 5.74) is 1.72. The minimum Gasteiger partial charge on any atom is -0.324 e. The van der Waals surface area contributed by atoms with Crippen molar-refractivity contribution in [2.24, 2.45) is 0 Å². The molecule has 0 fully saturated rings. The van der Waals surface area contributed by atoms with Crippen molar-refractivity contribution in [1.82, 2.24) is 9.55 Å². The molecule has 2 N–H and O–H groups in total. The highest BCUT2D eigenvalue weighted by Crippen LogP contribution is 2.19. The van der Waals surface area contributed by atoms with Crippen LogP contribution >= 0.6 is 0 Å². The monoisotopic (exact) mass is 335 g/mol. The number of aromatic amines is 1. The van der Waals surface area contributed by atoms with Gasteiger partial charge in [-0.3, -0.25) is 19.1 Å². The van der Waals surface area contributed by atoms with Crippen molar-refractivity contribution in [2.75, 3.05) is 5.32 Å². The number of para-hydroxylation sites is 1. The Hall–Kier alpha value is -3.41. The second-order valence-corrected chi connectivity index (χ2v) is 5.61. The summed E-state index contributed by atoms with van der Waals surface area (Å²) in [6.45, 7) is -0.171. The van der Waals surface area contributed by atoms with Crippen LogP contribution in [0.2, 0.25) is 0 Å². The number of nitrogens with zero attached hydrogens (tertiary/aromatic N) is 1. The molecular weight excluding hydrogens is 318 g/mol. The smallest absolute Gasteiger partial charge is 0.324 e. The molecular formula is C19H17N3O3. The van der Waals surface area contributed by atoms with Crippen LogP contribution < -0.4 is 16.6 Å². The first kappa shape index (κ1) is 16.4. The molecule has 3 rings (SSSR count). The third-order valence-electron chi connectivity index (χ3n) is 3.74. The van der Waals surface area contributed by atoms with Crippen molar-refractivity contribution in [1.29, 1.82) is 0 Å². The average Bonchev–Trinajstić information content (AvgIpc) is 2.60. The molecule has 1 amide bonds. The van der Waals surface area contributed by atoms with Crippen LogP contribution in [0.25, 0.3) is 0 Å². The number of H-pyrrole nitrogens is 1. The molecule has 0 aliphatic rings. The molecule has 1 heterocycles. The maximum absolute atomic E-state index is 12.3. The van der Waals surface area contributed by atoms with Crippen LogP contribution in [0.5, 0.6) is 0 Å². The minimum atomic E-state index is -0.611. The van der Waals surface area contributed by atoms with Crippen LogP contribution in [-0.2, 0) is 17.8 Å². The highest BCUT2D eigenvalue weighted by Gasteiger charge is 2.09. The summed E-state index contributed by atoms with van der Waals surface area (Å²) in [5, 5.41) is 2.83. The molecule has 0 radical (unpaired) electrons. The topological polar surface area (TPSA) is 84.0 Å². The maximum atomic E-state index is 12.3. The summed E-state index contributed by atoms with van der Waals surface area (Å²) in [5.74, 6) is -0.338. The molecule has 3 aromatic rings. The van der Waals surface area contributed by atoms with Crippen LogP contribution in [0.1, 0.15) is 11.1 Å². The fourth-order valence-electron chi connectivity index (χ4n) is 2.53. The van der Waals surface area contributed by atoms with Crippen molar-refractivity contribution in [3.8, 4) is 0 Å². The van der Waals surface area contributed by atoms with Crippen LogP contribution in [0.15, 0.2) is 76.4 Å². The lowest BCUT2D eigenvalue weighted by Crippen LogP contribution is -2.32. The van der Waals surface area contributed by atoms with E-state index in [1.807, 2.05) is 54.6 Å². The number of rotatable bonds is 5. The van der Waals surface area contributed by atoms with Gasteiger partial charge in [0.15, 0.2) is 0 Å². The summed E-state index contributed by atoms with van der Waals surface area (Å²) in [4.78, 5) is 37.1. The predicted octanol–water partition coefficient (Wildman–Crippen LogP) is 1.77. The summed E-state index contributed by atoms with van der Waals surface area (Å²) < 4.78 is 1.15. The van der Waals surface area contributed by atoms with Gasteiger partial charge in [0.2, 0.25) is 5.91 Å². The Kier molecular flexibility index (Phi) is 4.89. The molecule has 0 spiro atoms. The molecule has 2 aromatic carbocycles. The van der Waals surface area contributed by atoms with Crippen molar-refractivity contribution in [3.63, 3.8) is 0 Å². The van der Waals surface area contributed by atoms with Gasteiger partial charge in [0.05, 0.1) is 0 Å². The van der Waals surface area contributed by atoms with E-state index in [4.69, 9.17) is 0 Å². The molecule has 0 unspecified atom stereocenters. The number of nitrogens with one attached hydrogen (secondary N) is 2. The number of amides is 1. The molecule has 0 atom stereocenters. The first-order valence-electron chi connectivity index (χ1n) is 7.83. The number of benzene rings is 2. The second-order valence-electron chi connectivity index (χ2n) is 5.61. The lowest BCUT2D eigenvalue weighted by molar-refractivity contribution is -0.116. The van der Waals surface area contributed by atoms with E-state index in [2.05, 4.69) is 10.3 Å². The fourth-order valence-corrected chi connectivity index (χ4v) is 2.53. The first-order chi connectivity index (χ1) is 12.1. The molecule has 0 saturated carbocycles. The molecule has 126 valence electrons. The third-order valence-corrected chi connectivity index (χ3v) is 3.74. The highest BCUT2D eigenvalue weighted by atomic mass is 16.2. The van der Waals surface area contributed by atoms with E-state index in [1.165, 1.54) is 12.3 Å². The van der Waals surface area contributed by atoms with Gasteiger partial charge in [-0.25, -0.2) is 4.79 Å². The molecule has 0 bridgehead atoms. The largest absolute Gasteiger partial charge is 0.328 e. The van der Waals surface area contributed by atoms with Gasteiger partial charge >= 0.3 is 5.69 Å². The van der Waals surface area contributed by atoms with Gasteiger partial charge in [-0.05, 0) is 23.6 Å². The van der Waals surface area contributed by atoms with Crippen molar-refractivity contribution < 1.29 is 4.79 Å². The fraction of sp³-hybridized carbons (Fsp3) is 0.105. The zero-order chi connectivity index (χ0) is 17.6. The number of hydrogen-bond acceptors (Lipinski definition) is 3. The lowest BCUT2D eigenvalue weighted by Gasteiger charge is -2.12. The predicted molar refractivity (Wildman–Crippen MR) is 95.6 cm³/mol. The second kappa shape index (κ2) is 7.44. The van der Waals surface area contributed by atoms with Gasteiger partial charge in [0, 0.05) is 18.0 Å². The normalized spacial score (nSPS) is 10.4. The molecule has 25 heavy (non-hydrogen) atoms. The van der Waals surface area contributed by atoms with Gasteiger partial charge in [-0.2, -0.15) is 0 Å². The summed E-state index contributed by atoms with van der Waals surface area (Å²) in [7, 11) is 0. The van der Waals surface area contributed by atoms with Crippen LogP contribution in [0, 0.1) is 0 Å². The van der Waals surface area contributed by atoms with Crippen molar-refractivity contribution >= 4 is 11.6 Å². The van der Waals surface area contributed by atoms with E-state index < -0.39 is 11.2 Å². The van der Waals surface area contributed by atoms with Gasteiger partial charge in [0.25, 0.3) is 5.56 Å². The molecule has 0 saturated heterocycles. The number of anilines is 1. The number of carbonyl (C=O) groups excluding carboxylic acids is 1. The zero-order valence-electron chi connectivity index (χ0n) is 13.4. The van der Waals surface area contributed by atoms with E-state index in [9.17, 15) is 14.4 Å². The summed E-state index contributed by atoms with van der Waals surface area (Å²) in [6.07, 6.45) is 1.99. The van der Waals surface area contributed by atoms with Crippen molar-refractivity contribution in [2.45, 2.75) is 13.0 Å². The number of hydrogen-bond donors (Lipinski definition) is 2. The van der Waals surface area contributed by atoms with Crippen LogP contribution in [0.3, 0.4) is 0 Å². The number of carbonyl (C=O) groups is 1. The van der Waals surface area contributed by atoms with Crippen molar-refractivity contribution in [3.05, 3.63) is 98.8 Å². The Morgan fingerprint density at radius 3 is 2.44 bits per heavy atom. The molecule has 0 aliphatic heterocycles. The lowest BCUT2D eigenvalue weighted by atomic mass is 10.0. The molecule has 6 nitrogen and oxygen atoms in total. The zero-order valence-corrected chi connectivity index (χ0v) is 13.4. The van der Waals surface area contributed by atoms with Crippen LogP contribution in [-0.4, -0.2) is 15.5 Å². The van der Waals surface area contributed by atoms with Gasteiger partial charge in [-0.1, -0.05) is 48.5 Å². The molecule has 6 heteroatoms. The quantitative estimate of drug-likeness (QED) is 0.745. The minimum absolute atomic E-state index is 0.171. The third kappa shape index (κ3) is 4.32. The van der Waals surface area contributed by atoms with Gasteiger partial charge in [-0.15, -0.1) is 0 Å². The molecule has 0 aliphatic carbocycles. The Morgan fingerprint density at radius 1 is 0.960 bits per heavy atom. The SMILES string of the molecule is O=C(Cn1ccc(=O)[nH]c1=O)Nc1ccccc1Cc1ccccc1. The Balaban J connectivity index is 1.75. The standard InChI is InChI=1S/C19H17N3O3/c23-17-10-11-22(19(25)21-17)13-18(24)20-16-9-5-4-8-15(16)12-14-6-2-1-3-7-14/h1-11H,12-13H2,(H,20,24)(H,21,23,25). The van der Waals surface area contributed by atoms with Crippen LogP contribution in [0.4, 0.5) is 5.69 Å². The van der Waals surface area contributed by atoms with E-state index in [-0.39, 0.29) is 12.5 Å². The highest BCUT2D eigenvalue weighted by molar-refractivity contribution is 5.91. The van der Waals surface area contributed by atoms with E-state index in [1.54, 1.807) is 0 Å². The van der Waals surface area contributed by atoms with E-state index >= 15 is 0 Å². The first-order valence-corrected chi connectivity index (χ1v) is 7.83. The van der Waals surface area contributed by atoms with E-state index in [0.717, 1.165) is 15.7 Å². The summed E-state index contributed by atoms with van der Waals surface area (Å²) >= 11 is 0. The summed E-state index contributed by atoms with van der Waals surface area (Å²) in [6, 6.07) is 18.7. The average molecular weight is 335 g/mol. The molecule has 1 aromatic heterocycles. The Labute approximate surface area is 143 Å². The Morgan fingerprint density at radius 2 is 1.68 bits per heavy atom.